The number of anilines is 2. The van der Waals surface area contributed by atoms with Crippen LogP contribution in [0.2, 0.25) is 0 Å². The minimum absolute atomic E-state index is 0.00346. The van der Waals surface area contributed by atoms with Crippen molar-refractivity contribution in [3.05, 3.63) is 84.1 Å². The van der Waals surface area contributed by atoms with Gasteiger partial charge < -0.3 is 24.5 Å². The maximum absolute atomic E-state index is 13.1. The van der Waals surface area contributed by atoms with Crippen LogP contribution in [0, 0.1) is 0 Å². The minimum Gasteiger partial charge on any atom is -0.497 e. The summed E-state index contributed by atoms with van der Waals surface area (Å²) in [6.07, 6.45) is 0. The number of ether oxygens (including phenoxy) is 2. The predicted octanol–water partition coefficient (Wildman–Crippen LogP) is 5.34. The molecule has 0 spiro atoms. The number of fused-ring (bicyclic) bond motifs is 1. The molecule has 0 aliphatic heterocycles. The maximum Gasteiger partial charge on any atom is 0.293 e. The molecule has 0 radical (unpaired) electrons. The zero-order chi connectivity index (χ0) is 22.5. The van der Waals surface area contributed by atoms with Gasteiger partial charge in [0.2, 0.25) is 5.76 Å². The van der Waals surface area contributed by atoms with Gasteiger partial charge in [-0.2, -0.15) is 0 Å². The Labute approximate surface area is 184 Å². The average molecular weight is 430 g/mol. The van der Waals surface area contributed by atoms with Gasteiger partial charge in [0.1, 0.15) is 22.8 Å². The first-order valence-corrected chi connectivity index (χ1v) is 10.1. The zero-order valence-electron chi connectivity index (χ0n) is 17.7. The monoisotopic (exact) mass is 430 g/mol. The van der Waals surface area contributed by atoms with Crippen molar-refractivity contribution >= 4 is 34.2 Å². The van der Waals surface area contributed by atoms with Crippen LogP contribution in [0.25, 0.3) is 11.0 Å². The number of hydrogen-bond acceptors (Lipinski definition) is 5. The minimum atomic E-state index is -0.497. The van der Waals surface area contributed by atoms with E-state index in [4.69, 9.17) is 13.9 Å². The summed E-state index contributed by atoms with van der Waals surface area (Å²) in [6, 6.07) is 21.0. The number of rotatable bonds is 7. The Bertz CT molecular complexity index is 1280. The third-order valence-corrected chi connectivity index (χ3v) is 4.80. The fraction of sp³-hybridized carbons (Fsp3) is 0.120. The summed E-state index contributed by atoms with van der Waals surface area (Å²) in [7, 11) is 1.55. The van der Waals surface area contributed by atoms with Crippen molar-refractivity contribution in [3.8, 4) is 11.5 Å². The van der Waals surface area contributed by atoms with Gasteiger partial charge in [0, 0.05) is 17.1 Å². The lowest BCUT2D eigenvalue weighted by Crippen LogP contribution is -2.18. The molecule has 1 heterocycles. The number of furan rings is 1. The van der Waals surface area contributed by atoms with Crippen molar-refractivity contribution in [3.63, 3.8) is 0 Å². The van der Waals surface area contributed by atoms with E-state index in [0.29, 0.717) is 40.3 Å². The summed E-state index contributed by atoms with van der Waals surface area (Å²) >= 11 is 0. The van der Waals surface area contributed by atoms with Crippen LogP contribution in [0.4, 0.5) is 11.4 Å². The highest BCUT2D eigenvalue weighted by Crippen LogP contribution is 2.33. The molecule has 32 heavy (non-hydrogen) atoms. The van der Waals surface area contributed by atoms with Crippen molar-refractivity contribution in [2.24, 2.45) is 0 Å². The molecule has 7 nitrogen and oxygen atoms in total. The molecule has 4 rings (SSSR count). The van der Waals surface area contributed by atoms with E-state index < -0.39 is 11.8 Å². The molecule has 0 atom stereocenters. The topological polar surface area (TPSA) is 89.8 Å². The van der Waals surface area contributed by atoms with Crippen LogP contribution < -0.4 is 20.1 Å². The van der Waals surface area contributed by atoms with Gasteiger partial charge in [-0.15, -0.1) is 0 Å². The van der Waals surface area contributed by atoms with Crippen LogP contribution >= 0.6 is 0 Å². The summed E-state index contributed by atoms with van der Waals surface area (Å²) in [4.78, 5) is 26.2. The predicted molar refractivity (Wildman–Crippen MR) is 123 cm³/mol. The van der Waals surface area contributed by atoms with E-state index in [-0.39, 0.29) is 11.4 Å². The molecule has 0 saturated carbocycles. The first-order chi connectivity index (χ1) is 15.6. The van der Waals surface area contributed by atoms with Crippen molar-refractivity contribution in [2.75, 3.05) is 24.4 Å². The fourth-order valence-corrected chi connectivity index (χ4v) is 3.33. The highest BCUT2D eigenvalue weighted by atomic mass is 16.5. The van der Waals surface area contributed by atoms with E-state index in [9.17, 15) is 9.59 Å². The van der Waals surface area contributed by atoms with Crippen molar-refractivity contribution in [2.45, 2.75) is 6.92 Å². The Balaban J connectivity index is 1.69. The zero-order valence-corrected chi connectivity index (χ0v) is 17.7. The highest BCUT2D eigenvalue weighted by molar-refractivity contribution is 6.17. The van der Waals surface area contributed by atoms with Gasteiger partial charge in [0.15, 0.2) is 0 Å². The lowest BCUT2D eigenvalue weighted by Gasteiger charge is -2.11. The maximum atomic E-state index is 13.1. The SMILES string of the molecule is CCOc1ccccc1C(=O)Nc1c(C(=O)Nc2cccc(OC)c2)oc2ccccc12. The van der Waals surface area contributed by atoms with Gasteiger partial charge in [-0.05, 0) is 43.3 Å². The molecular formula is C25H22N2O5. The Morgan fingerprint density at radius 2 is 1.69 bits per heavy atom. The molecule has 3 aromatic carbocycles. The van der Waals surface area contributed by atoms with Crippen LogP contribution in [0.3, 0.4) is 0 Å². The molecule has 162 valence electrons. The number of benzene rings is 3. The standard InChI is InChI=1S/C25H22N2O5/c1-3-31-20-13-6-5-12-19(20)24(28)27-22-18-11-4-7-14-21(18)32-23(22)25(29)26-16-9-8-10-17(15-16)30-2/h4-15H,3H2,1-2H3,(H,26,29)(H,27,28). The normalized spacial score (nSPS) is 10.6. The first-order valence-electron chi connectivity index (χ1n) is 10.1. The molecule has 4 aromatic rings. The van der Waals surface area contributed by atoms with Gasteiger partial charge in [-0.3, -0.25) is 9.59 Å². The molecule has 0 aliphatic carbocycles. The average Bonchev–Trinajstić information content (AvgIpc) is 3.18. The first kappa shape index (κ1) is 21.0. The third kappa shape index (κ3) is 4.27. The van der Waals surface area contributed by atoms with Gasteiger partial charge in [0.25, 0.3) is 11.8 Å². The van der Waals surface area contributed by atoms with E-state index in [1.165, 1.54) is 0 Å². The molecule has 2 N–H and O–H groups in total. The number of carbonyl (C=O) groups excluding carboxylic acids is 2. The molecule has 2 amide bonds. The molecule has 0 aliphatic rings. The van der Waals surface area contributed by atoms with Crippen LogP contribution in [-0.2, 0) is 0 Å². The molecular weight excluding hydrogens is 408 g/mol. The highest BCUT2D eigenvalue weighted by Gasteiger charge is 2.24. The third-order valence-electron chi connectivity index (χ3n) is 4.80. The molecule has 0 unspecified atom stereocenters. The van der Waals surface area contributed by atoms with Gasteiger partial charge >= 0.3 is 0 Å². The Hall–Kier alpha value is -4.26. The van der Waals surface area contributed by atoms with Crippen LogP contribution in [-0.4, -0.2) is 25.5 Å². The second kappa shape index (κ2) is 9.26. The molecule has 0 bridgehead atoms. The van der Waals surface area contributed by atoms with E-state index in [1.54, 1.807) is 73.8 Å². The summed E-state index contributed by atoms with van der Waals surface area (Å²) in [5.41, 5.74) is 1.67. The number of para-hydroxylation sites is 2. The number of hydrogen-bond donors (Lipinski definition) is 2. The smallest absolute Gasteiger partial charge is 0.293 e. The lowest BCUT2D eigenvalue weighted by atomic mass is 10.1. The number of nitrogens with one attached hydrogen (secondary N) is 2. The Morgan fingerprint density at radius 3 is 2.50 bits per heavy atom. The summed E-state index contributed by atoms with van der Waals surface area (Å²) < 4.78 is 16.6. The number of amides is 2. The van der Waals surface area contributed by atoms with Gasteiger partial charge in [0.05, 0.1) is 19.3 Å². The Morgan fingerprint density at radius 1 is 0.906 bits per heavy atom. The number of carbonyl (C=O) groups is 2. The van der Waals surface area contributed by atoms with Crippen molar-refractivity contribution in [1.82, 2.24) is 0 Å². The fourth-order valence-electron chi connectivity index (χ4n) is 3.33. The molecule has 0 fully saturated rings. The number of methoxy groups -OCH3 is 1. The second-order valence-electron chi connectivity index (χ2n) is 6.87. The largest absolute Gasteiger partial charge is 0.497 e. The summed E-state index contributed by atoms with van der Waals surface area (Å²) in [5.74, 6) is 0.159. The van der Waals surface area contributed by atoms with Crippen molar-refractivity contribution in [1.29, 1.82) is 0 Å². The van der Waals surface area contributed by atoms with Crippen LogP contribution in [0.1, 0.15) is 27.8 Å². The second-order valence-corrected chi connectivity index (χ2v) is 6.87. The summed E-state index contributed by atoms with van der Waals surface area (Å²) in [5, 5.41) is 6.25. The van der Waals surface area contributed by atoms with Gasteiger partial charge in [-0.1, -0.05) is 30.3 Å². The molecule has 0 saturated heterocycles. The van der Waals surface area contributed by atoms with Crippen molar-refractivity contribution < 1.29 is 23.5 Å². The molecule has 7 heteroatoms. The van der Waals surface area contributed by atoms with Crippen LogP contribution in [0.5, 0.6) is 11.5 Å². The molecule has 1 aromatic heterocycles. The van der Waals surface area contributed by atoms with E-state index in [1.807, 2.05) is 13.0 Å². The lowest BCUT2D eigenvalue weighted by molar-refractivity contribution is 0.0999. The quantitative estimate of drug-likeness (QED) is 0.413. The van der Waals surface area contributed by atoms with Crippen LogP contribution in [0.15, 0.2) is 77.2 Å². The van der Waals surface area contributed by atoms with E-state index in [2.05, 4.69) is 10.6 Å². The summed E-state index contributed by atoms with van der Waals surface area (Å²) in [6.45, 7) is 2.27. The van der Waals surface area contributed by atoms with E-state index in [0.717, 1.165) is 0 Å². The Kier molecular flexibility index (Phi) is 6.07. The van der Waals surface area contributed by atoms with Gasteiger partial charge in [-0.25, -0.2) is 0 Å². The van der Waals surface area contributed by atoms with E-state index >= 15 is 0 Å².